The molecule has 1 aromatic carbocycles. The highest BCUT2D eigenvalue weighted by Crippen LogP contribution is 2.29. The van der Waals surface area contributed by atoms with Crippen molar-refractivity contribution in [2.75, 3.05) is 5.32 Å². The Morgan fingerprint density at radius 1 is 1.16 bits per heavy atom. The summed E-state index contributed by atoms with van der Waals surface area (Å²) in [5, 5.41) is 12.8. The number of hydrogen-bond acceptors (Lipinski definition) is 5. The van der Waals surface area contributed by atoms with E-state index in [1.54, 1.807) is 16.9 Å². The molecule has 4 aromatic heterocycles. The first kappa shape index (κ1) is 19.4. The Labute approximate surface area is 186 Å². The summed E-state index contributed by atoms with van der Waals surface area (Å²) in [4.78, 5) is 22.0. The highest BCUT2D eigenvalue weighted by atomic mass is 79.9. The quantitative estimate of drug-likeness (QED) is 0.413. The number of aryl methyl sites for hydroxylation is 2. The van der Waals surface area contributed by atoms with Crippen molar-refractivity contribution in [2.45, 2.75) is 20.4 Å². The number of anilines is 1. The Hall–Kier alpha value is -3.59. The first-order chi connectivity index (χ1) is 15.1. The number of fused-ring (bicyclic) bond motifs is 2. The van der Waals surface area contributed by atoms with Crippen LogP contribution < -0.4 is 5.32 Å². The van der Waals surface area contributed by atoms with E-state index in [1.807, 2.05) is 55.1 Å². The molecule has 8 nitrogen and oxygen atoms in total. The minimum Gasteiger partial charge on any atom is -0.320 e. The van der Waals surface area contributed by atoms with Crippen molar-refractivity contribution >= 4 is 44.1 Å². The van der Waals surface area contributed by atoms with Crippen molar-refractivity contribution in [1.29, 1.82) is 0 Å². The van der Waals surface area contributed by atoms with E-state index in [4.69, 9.17) is 0 Å². The second-order valence-corrected chi connectivity index (χ2v) is 7.91. The van der Waals surface area contributed by atoms with Crippen LogP contribution >= 0.6 is 15.9 Å². The summed E-state index contributed by atoms with van der Waals surface area (Å²) >= 11 is 3.53. The van der Waals surface area contributed by atoms with Gasteiger partial charge in [-0.05, 0) is 38.1 Å². The Morgan fingerprint density at radius 3 is 2.84 bits per heavy atom. The zero-order chi connectivity index (χ0) is 21.5. The number of hydrogen-bond donors (Lipinski definition) is 1. The topological polar surface area (TPSA) is 90.0 Å². The Bertz CT molecular complexity index is 1450. The number of rotatable bonds is 4. The van der Waals surface area contributed by atoms with Crippen molar-refractivity contribution in [3.63, 3.8) is 0 Å². The van der Waals surface area contributed by atoms with Crippen LogP contribution in [0.1, 0.15) is 23.0 Å². The highest BCUT2D eigenvalue weighted by molar-refractivity contribution is 9.10. The van der Waals surface area contributed by atoms with Crippen LogP contribution in [0.25, 0.3) is 27.8 Å². The van der Waals surface area contributed by atoms with Crippen LogP contribution in [-0.4, -0.2) is 35.3 Å². The van der Waals surface area contributed by atoms with Gasteiger partial charge in [-0.2, -0.15) is 10.2 Å². The van der Waals surface area contributed by atoms with E-state index < -0.39 is 0 Å². The maximum atomic E-state index is 13.1. The lowest BCUT2D eigenvalue weighted by molar-refractivity contribution is 0.102. The molecule has 0 aliphatic carbocycles. The van der Waals surface area contributed by atoms with Crippen LogP contribution in [0.2, 0.25) is 0 Å². The molecule has 0 radical (unpaired) electrons. The van der Waals surface area contributed by atoms with Crippen molar-refractivity contribution in [1.82, 2.24) is 29.4 Å². The van der Waals surface area contributed by atoms with Crippen molar-refractivity contribution in [3.05, 3.63) is 70.8 Å². The third kappa shape index (κ3) is 3.27. The molecule has 154 valence electrons. The first-order valence-corrected chi connectivity index (χ1v) is 10.6. The minimum atomic E-state index is -0.296. The molecular formula is C22H18BrN7O. The molecular weight excluding hydrogens is 458 g/mol. The largest absolute Gasteiger partial charge is 0.320 e. The average Bonchev–Trinajstić information content (AvgIpc) is 3.39. The normalized spacial score (nSPS) is 11.3. The number of benzene rings is 1. The van der Waals surface area contributed by atoms with E-state index >= 15 is 0 Å². The number of pyridine rings is 1. The lowest BCUT2D eigenvalue weighted by Gasteiger charge is -2.09. The van der Waals surface area contributed by atoms with Crippen molar-refractivity contribution in [3.8, 4) is 11.3 Å². The summed E-state index contributed by atoms with van der Waals surface area (Å²) in [7, 11) is 0. The fraction of sp³-hybridized carbons (Fsp3) is 0.136. The maximum Gasteiger partial charge on any atom is 0.261 e. The third-order valence-corrected chi connectivity index (χ3v) is 5.85. The summed E-state index contributed by atoms with van der Waals surface area (Å²) in [6.07, 6.45) is 6.90. The highest BCUT2D eigenvalue weighted by Gasteiger charge is 2.19. The Kier molecular flexibility index (Phi) is 4.74. The summed E-state index contributed by atoms with van der Waals surface area (Å²) < 4.78 is 4.47. The molecule has 0 unspecified atom stereocenters. The third-order valence-electron chi connectivity index (χ3n) is 5.16. The summed E-state index contributed by atoms with van der Waals surface area (Å²) in [6, 6.07) is 9.39. The van der Waals surface area contributed by atoms with Gasteiger partial charge in [0.05, 0.1) is 28.8 Å². The number of nitrogens with zero attached hydrogens (tertiary/aromatic N) is 6. The van der Waals surface area contributed by atoms with Gasteiger partial charge in [-0.25, -0.2) is 9.50 Å². The van der Waals surface area contributed by atoms with Gasteiger partial charge >= 0.3 is 0 Å². The van der Waals surface area contributed by atoms with Crippen LogP contribution in [-0.2, 0) is 6.54 Å². The second-order valence-electron chi connectivity index (χ2n) is 7.06. The van der Waals surface area contributed by atoms with Crippen molar-refractivity contribution < 1.29 is 4.79 Å². The Balaban J connectivity index is 1.55. The summed E-state index contributed by atoms with van der Waals surface area (Å²) in [5.41, 5.74) is 4.87. The number of amides is 1. The molecule has 0 aliphatic rings. The lowest BCUT2D eigenvalue weighted by atomic mass is 10.2. The first-order valence-electron chi connectivity index (χ1n) is 9.78. The molecule has 1 amide bonds. The number of halogens is 1. The lowest BCUT2D eigenvalue weighted by Crippen LogP contribution is -2.12. The van der Waals surface area contributed by atoms with Crippen LogP contribution in [0.5, 0.6) is 0 Å². The molecule has 4 heterocycles. The van der Waals surface area contributed by atoms with Gasteiger partial charge in [0.25, 0.3) is 5.91 Å². The smallest absolute Gasteiger partial charge is 0.261 e. The number of carbonyl (C=O) groups excluding carboxylic acids is 1. The molecule has 0 saturated carbocycles. The predicted octanol–water partition coefficient (Wildman–Crippen LogP) is 4.48. The molecule has 31 heavy (non-hydrogen) atoms. The van der Waals surface area contributed by atoms with E-state index in [1.165, 1.54) is 6.20 Å². The molecule has 5 rings (SSSR count). The average molecular weight is 476 g/mol. The fourth-order valence-corrected chi connectivity index (χ4v) is 4.07. The van der Waals surface area contributed by atoms with E-state index in [-0.39, 0.29) is 5.91 Å². The number of nitrogens with one attached hydrogen (secondary N) is 1. The van der Waals surface area contributed by atoms with Gasteiger partial charge in [-0.3, -0.25) is 14.5 Å². The Morgan fingerprint density at radius 2 is 2.03 bits per heavy atom. The van der Waals surface area contributed by atoms with E-state index in [0.29, 0.717) is 22.4 Å². The monoisotopic (exact) mass is 475 g/mol. The molecule has 0 aliphatic heterocycles. The molecule has 5 aromatic rings. The van der Waals surface area contributed by atoms with Gasteiger partial charge < -0.3 is 5.32 Å². The number of carbonyl (C=O) groups is 1. The van der Waals surface area contributed by atoms with Gasteiger partial charge in [-0.15, -0.1) is 0 Å². The van der Waals surface area contributed by atoms with Crippen molar-refractivity contribution in [2.24, 2.45) is 0 Å². The SMILES string of the molecule is CCn1cc(-c2ccnc3c(C(=O)Nc4ccc(Br)c5cccnc45)cnn23)c(C)n1. The molecule has 0 atom stereocenters. The maximum absolute atomic E-state index is 13.1. The van der Waals surface area contributed by atoms with Crippen LogP contribution in [0.4, 0.5) is 5.69 Å². The van der Waals surface area contributed by atoms with Crippen LogP contribution in [0.3, 0.4) is 0 Å². The fourth-order valence-electron chi connectivity index (χ4n) is 3.62. The van der Waals surface area contributed by atoms with Gasteiger partial charge in [-0.1, -0.05) is 22.0 Å². The summed E-state index contributed by atoms with van der Waals surface area (Å²) in [6.45, 7) is 4.77. The summed E-state index contributed by atoms with van der Waals surface area (Å²) in [5.74, 6) is -0.296. The zero-order valence-electron chi connectivity index (χ0n) is 16.9. The molecule has 0 spiro atoms. The minimum absolute atomic E-state index is 0.296. The van der Waals surface area contributed by atoms with Gasteiger partial charge in [0, 0.05) is 40.6 Å². The van der Waals surface area contributed by atoms with E-state index in [2.05, 4.69) is 41.4 Å². The molecule has 1 N–H and O–H groups in total. The van der Waals surface area contributed by atoms with Gasteiger partial charge in [0.15, 0.2) is 5.65 Å². The van der Waals surface area contributed by atoms with Gasteiger partial charge in [0.1, 0.15) is 5.56 Å². The molecule has 0 fully saturated rings. The molecule has 0 bridgehead atoms. The second kappa shape index (κ2) is 7.59. The zero-order valence-corrected chi connectivity index (χ0v) is 18.5. The molecule has 0 saturated heterocycles. The van der Waals surface area contributed by atoms with Crippen LogP contribution in [0, 0.1) is 6.92 Å². The van der Waals surface area contributed by atoms with E-state index in [9.17, 15) is 4.79 Å². The van der Waals surface area contributed by atoms with E-state index in [0.717, 1.165) is 33.4 Å². The van der Waals surface area contributed by atoms with Gasteiger partial charge in [0.2, 0.25) is 0 Å². The van der Waals surface area contributed by atoms with Crippen LogP contribution in [0.15, 0.2) is 59.6 Å². The molecule has 9 heteroatoms. The number of aromatic nitrogens is 6. The standard InChI is InChI=1S/C22H18BrN7O/c1-3-29-12-16(13(2)28-29)19-8-10-25-21-15(11-26-30(19)21)22(31)27-18-7-6-17(23)14-5-4-9-24-20(14)18/h4-12H,3H2,1-2H3,(H,27,31). The predicted molar refractivity (Wildman–Crippen MR) is 122 cm³/mol.